The molecule has 0 spiro atoms. The van der Waals surface area contributed by atoms with Crippen LogP contribution in [0.15, 0.2) is 18.2 Å². The number of carbonyl (C=O) groups is 2. The number of hydrogen-bond donors (Lipinski definition) is 1. The van der Waals surface area contributed by atoms with E-state index in [9.17, 15) is 9.59 Å². The van der Waals surface area contributed by atoms with Gasteiger partial charge in [-0.2, -0.15) is 0 Å². The van der Waals surface area contributed by atoms with E-state index in [0.29, 0.717) is 18.7 Å². The van der Waals surface area contributed by atoms with E-state index in [2.05, 4.69) is 0 Å². The van der Waals surface area contributed by atoms with Crippen LogP contribution in [0.5, 0.6) is 0 Å². The summed E-state index contributed by atoms with van der Waals surface area (Å²) in [5.41, 5.74) is 3.32. The van der Waals surface area contributed by atoms with Crippen LogP contribution in [0.25, 0.3) is 0 Å². The molecular weight excluding hydrogens is 254 g/mol. The molecule has 20 heavy (non-hydrogen) atoms. The summed E-state index contributed by atoms with van der Waals surface area (Å²) in [6.45, 7) is 2.76. The Kier molecular flexibility index (Phi) is 3.24. The molecule has 2 unspecified atom stereocenters. The lowest BCUT2D eigenvalue weighted by molar-refractivity contribution is -0.142. The summed E-state index contributed by atoms with van der Waals surface area (Å²) in [5, 5.41) is 9.14. The third-order valence-electron chi connectivity index (χ3n) is 4.56. The number of carboxylic acid groups (broad SMARTS) is 1. The van der Waals surface area contributed by atoms with Gasteiger partial charge in [0.25, 0.3) is 5.91 Å². The van der Waals surface area contributed by atoms with E-state index in [0.717, 1.165) is 19.3 Å². The predicted octanol–water partition coefficient (Wildman–Crippen LogP) is 1.97. The molecule has 3 rings (SSSR count). The number of aliphatic carboxylic acids is 1. The van der Waals surface area contributed by atoms with Crippen LogP contribution in [0.1, 0.15) is 34.8 Å². The van der Waals surface area contributed by atoms with Crippen LogP contribution >= 0.6 is 0 Å². The first-order valence-electron chi connectivity index (χ1n) is 7.20. The van der Waals surface area contributed by atoms with Crippen molar-refractivity contribution >= 4 is 11.9 Å². The second-order valence-corrected chi connectivity index (χ2v) is 5.97. The molecule has 2 aliphatic rings. The SMILES string of the molecule is CC1CN(C(=O)c2ccc3c(c2)CCC3)CC1C(=O)O. The number of carboxylic acids is 1. The number of aryl methyl sites for hydroxylation is 2. The predicted molar refractivity (Wildman–Crippen MR) is 74.7 cm³/mol. The fraction of sp³-hybridized carbons (Fsp3) is 0.500. The van der Waals surface area contributed by atoms with E-state index in [-0.39, 0.29) is 11.8 Å². The highest BCUT2D eigenvalue weighted by Gasteiger charge is 2.37. The van der Waals surface area contributed by atoms with Crippen LogP contribution in [0.2, 0.25) is 0 Å². The standard InChI is InChI=1S/C16H19NO3/c1-10-8-17(9-14(10)16(19)20)15(18)13-6-5-11-3-2-4-12(11)7-13/h5-7,10,14H,2-4,8-9H2,1H3,(H,19,20). The van der Waals surface area contributed by atoms with Gasteiger partial charge < -0.3 is 10.0 Å². The minimum atomic E-state index is -0.804. The number of carbonyl (C=O) groups excluding carboxylic acids is 1. The lowest BCUT2D eigenvalue weighted by atomic mass is 9.99. The summed E-state index contributed by atoms with van der Waals surface area (Å²) in [6, 6.07) is 5.92. The van der Waals surface area contributed by atoms with Crippen LogP contribution in [-0.2, 0) is 17.6 Å². The van der Waals surface area contributed by atoms with Crippen LogP contribution in [0, 0.1) is 11.8 Å². The number of rotatable bonds is 2. The van der Waals surface area contributed by atoms with Crippen LogP contribution < -0.4 is 0 Å². The minimum absolute atomic E-state index is 0.0193. The Morgan fingerprint density at radius 3 is 2.65 bits per heavy atom. The first-order valence-corrected chi connectivity index (χ1v) is 7.20. The summed E-state index contributed by atoms with van der Waals surface area (Å²) in [5.74, 6) is -1.25. The average molecular weight is 273 g/mol. The van der Waals surface area contributed by atoms with Crippen LogP contribution in [-0.4, -0.2) is 35.0 Å². The number of hydrogen-bond acceptors (Lipinski definition) is 2. The Labute approximate surface area is 118 Å². The van der Waals surface area contributed by atoms with Crippen molar-refractivity contribution in [2.45, 2.75) is 26.2 Å². The zero-order valence-electron chi connectivity index (χ0n) is 11.6. The fourth-order valence-electron chi connectivity index (χ4n) is 3.34. The fourth-order valence-corrected chi connectivity index (χ4v) is 3.34. The molecule has 0 bridgehead atoms. The highest BCUT2D eigenvalue weighted by atomic mass is 16.4. The molecule has 1 saturated heterocycles. The summed E-state index contributed by atoms with van der Waals surface area (Å²) in [6.07, 6.45) is 3.31. The number of likely N-dealkylation sites (tertiary alicyclic amines) is 1. The Bertz CT molecular complexity index is 567. The molecule has 106 valence electrons. The van der Waals surface area contributed by atoms with Gasteiger partial charge in [0, 0.05) is 18.7 Å². The van der Waals surface area contributed by atoms with E-state index < -0.39 is 11.9 Å². The second-order valence-electron chi connectivity index (χ2n) is 5.97. The molecule has 1 aliphatic carbocycles. The Hall–Kier alpha value is -1.84. The summed E-state index contributed by atoms with van der Waals surface area (Å²) in [4.78, 5) is 25.3. The van der Waals surface area contributed by atoms with Crippen molar-refractivity contribution in [2.75, 3.05) is 13.1 Å². The molecule has 1 heterocycles. The first-order chi connectivity index (χ1) is 9.56. The number of fused-ring (bicyclic) bond motifs is 1. The summed E-state index contributed by atoms with van der Waals surface area (Å²) < 4.78 is 0. The van der Waals surface area contributed by atoms with Gasteiger partial charge in [0.2, 0.25) is 0 Å². The first kappa shape index (κ1) is 13.2. The van der Waals surface area contributed by atoms with Gasteiger partial charge in [-0.05, 0) is 48.4 Å². The quantitative estimate of drug-likeness (QED) is 0.896. The highest BCUT2D eigenvalue weighted by Crippen LogP contribution is 2.27. The van der Waals surface area contributed by atoms with Gasteiger partial charge in [-0.3, -0.25) is 9.59 Å². The zero-order chi connectivity index (χ0) is 14.3. The smallest absolute Gasteiger partial charge is 0.308 e. The summed E-state index contributed by atoms with van der Waals surface area (Å²) in [7, 11) is 0. The largest absolute Gasteiger partial charge is 0.481 e. The maximum atomic E-state index is 12.5. The Balaban J connectivity index is 1.78. The van der Waals surface area contributed by atoms with Gasteiger partial charge in [0.15, 0.2) is 0 Å². The third-order valence-corrected chi connectivity index (χ3v) is 4.56. The van der Waals surface area contributed by atoms with Crippen molar-refractivity contribution in [1.82, 2.24) is 4.90 Å². The lowest BCUT2D eigenvalue weighted by Crippen LogP contribution is -2.30. The number of benzene rings is 1. The van der Waals surface area contributed by atoms with Gasteiger partial charge in [-0.25, -0.2) is 0 Å². The molecule has 1 aromatic carbocycles. The van der Waals surface area contributed by atoms with Gasteiger partial charge in [-0.1, -0.05) is 13.0 Å². The molecule has 0 saturated carbocycles. The molecule has 1 N–H and O–H groups in total. The van der Waals surface area contributed by atoms with E-state index in [4.69, 9.17) is 5.11 Å². The molecule has 2 atom stereocenters. The third kappa shape index (κ3) is 2.19. The van der Waals surface area contributed by atoms with Crippen molar-refractivity contribution < 1.29 is 14.7 Å². The molecule has 4 heteroatoms. The Morgan fingerprint density at radius 2 is 1.95 bits per heavy atom. The second kappa shape index (κ2) is 4.93. The molecule has 1 fully saturated rings. The van der Waals surface area contributed by atoms with Crippen molar-refractivity contribution in [1.29, 1.82) is 0 Å². The average Bonchev–Trinajstić information content (AvgIpc) is 3.02. The topological polar surface area (TPSA) is 57.6 Å². The van der Waals surface area contributed by atoms with Gasteiger partial charge in [-0.15, -0.1) is 0 Å². The van der Waals surface area contributed by atoms with Crippen molar-refractivity contribution in [3.05, 3.63) is 34.9 Å². The maximum absolute atomic E-state index is 12.5. The molecule has 1 aliphatic heterocycles. The summed E-state index contributed by atoms with van der Waals surface area (Å²) >= 11 is 0. The molecule has 0 radical (unpaired) electrons. The van der Waals surface area contributed by atoms with E-state index in [1.54, 1.807) is 4.90 Å². The van der Waals surface area contributed by atoms with Gasteiger partial charge in [0.05, 0.1) is 5.92 Å². The number of nitrogens with zero attached hydrogens (tertiary/aromatic N) is 1. The van der Waals surface area contributed by atoms with Gasteiger partial charge in [0.1, 0.15) is 0 Å². The van der Waals surface area contributed by atoms with Crippen LogP contribution in [0.3, 0.4) is 0 Å². The van der Waals surface area contributed by atoms with E-state index in [1.807, 2.05) is 25.1 Å². The highest BCUT2D eigenvalue weighted by molar-refractivity contribution is 5.95. The molecule has 4 nitrogen and oxygen atoms in total. The molecule has 1 aromatic rings. The molecular formula is C16H19NO3. The van der Waals surface area contributed by atoms with Crippen molar-refractivity contribution in [2.24, 2.45) is 11.8 Å². The molecule has 0 aromatic heterocycles. The monoisotopic (exact) mass is 273 g/mol. The zero-order valence-corrected chi connectivity index (χ0v) is 11.6. The molecule has 1 amide bonds. The van der Waals surface area contributed by atoms with E-state index >= 15 is 0 Å². The van der Waals surface area contributed by atoms with Gasteiger partial charge >= 0.3 is 5.97 Å². The van der Waals surface area contributed by atoms with E-state index in [1.165, 1.54) is 11.1 Å². The van der Waals surface area contributed by atoms with Crippen molar-refractivity contribution in [3.63, 3.8) is 0 Å². The van der Waals surface area contributed by atoms with Crippen LogP contribution in [0.4, 0.5) is 0 Å². The maximum Gasteiger partial charge on any atom is 0.308 e. The number of amides is 1. The van der Waals surface area contributed by atoms with Crippen molar-refractivity contribution in [3.8, 4) is 0 Å². The lowest BCUT2D eigenvalue weighted by Gasteiger charge is -2.16. The normalized spacial score (nSPS) is 24.8. The Morgan fingerprint density at radius 1 is 1.20 bits per heavy atom. The minimum Gasteiger partial charge on any atom is -0.481 e.